The molecule has 6 heteroatoms. The summed E-state index contributed by atoms with van der Waals surface area (Å²) in [5, 5.41) is -0.280. The van der Waals surface area contributed by atoms with Gasteiger partial charge in [0, 0.05) is 11.3 Å². The molecular weight excluding hydrogens is 404 g/mol. The van der Waals surface area contributed by atoms with Crippen molar-refractivity contribution >= 4 is 29.8 Å². The van der Waals surface area contributed by atoms with Gasteiger partial charge in [0.15, 0.2) is 0 Å². The Labute approximate surface area is 184 Å². The number of hydrogen-bond donors (Lipinski definition) is 0. The molecule has 0 heterocycles. The third-order valence-electron chi connectivity index (χ3n) is 10.2. The first-order valence-corrected chi connectivity index (χ1v) is 12.0. The lowest BCUT2D eigenvalue weighted by atomic mass is 9.43. The molecule has 0 radical (unpaired) electrons. The van der Waals surface area contributed by atoms with E-state index in [1.165, 1.54) is 6.42 Å². The van der Waals surface area contributed by atoms with Crippen LogP contribution in [0.25, 0.3) is 0 Å². The number of halogens is 1. The van der Waals surface area contributed by atoms with Crippen LogP contribution in [0.4, 0.5) is 0 Å². The Hall–Kier alpha value is -1.10. The molecule has 5 nitrogen and oxygen atoms in total. The van der Waals surface area contributed by atoms with Crippen LogP contribution in [-0.4, -0.2) is 30.4 Å². The number of hydrogen-bond acceptors (Lipinski definition) is 5. The average molecular weight is 439 g/mol. The van der Waals surface area contributed by atoms with Crippen LogP contribution in [-0.2, 0) is 23.9 Å². The van der Waals surface area contributed by atoms with E-state index >= 15 is 0 Å². The quantitative estimate of drug-likeness (QED) is 0.442. The lowest BCUT2D eigenvalue weighted by molar-refractivity contribution is -0.190. The van der Waals surface area contributed by atoms with Gasteiger partial charge in [-0.25, -0.2) is 0 Å². The second-order valence-electron chi connectivity index (χ2n) is 10.9. The van der Waals surface area contributed by atoms with E-state index in [0.29, 0.717) is 36.6 Å². The highest BCUT2D eigenvalue weighted by Gasteiger charge is 2.65. The molecule has 4 aliphatic carbocycles. The molecule has 0 aliphatic heterocycles. The van der Waals surface area contributed by atoms with Crippen molar-refractivity contribution in [2.24, 2.45) is 46.3 Å². The Bertz CT molecular complexity index is 697. The van der Waals surface area contributed by atoms with Gasteiger partial charge in [-0.15, -0.1) is 0 Å². The van der Waals surface area contributed by atoms with E-state index in [1.54, 1.807) is 0 Å². The van der Waals surface area contributed by atoms with Gasteiger partial charge in [-0.3, -0.25) is 14.4 Å². The van der Waals surface area contributed by atoms with Crippen LogP contribution in [0.5, 0.6) is 0 Å². The second-order valence-corrected chi connectivity index (χ2v) is 11.3. The predicted molar refractivity (Wildman–Crippen MR) is 112 cm³/mol. The van der Waals surface area contributed by atoms with Gasteiger partial charge in [0.25, 0.3) is 12.9 Å². The summed E-state index contributed by atoms with van der Waals surface area (Å²) in [6.45, 7) is 7.80. The molecular formula is C24H35ClO5. The molecule has 0 saturated heterocycles. The third kappa shape index (κ3) is 3.22. The van der Waals surface area contributed by atoms with Crippen LogP contribution in [0, 0.1) is 46.3 Å². The zero-order valence-corrected chi connectivity index (χ0v) is 19.1. The number of rotatable bonds is 6. The Kier molecular flexibility index (Phi) is 5.97. The molecule has 168 valence electrons. The first kappa shape index (κ1) is 22.1. The molecule has 0 aromatic rings. The molecule has 1 unspecified atom stereocenters. The van der Waals surface area contributed by atoms with Crippen molar-refractivity contribution in [3.63, 3.8) is 0 Å². The molecule has 0 amide bonds. The summed E-state index contributed by atoms with van der Waals surface area (Å²) in [7, 11) is 0. The summed E-state index contributed by atoms with van der Waals surface area (Å²) in [5.74, 6) is 2.01. The van der Waals surface area contributed by atoms with Gasteiger partial charge in [-0.05, 0) is 98.0 Å². The average Bonchev–Trinajstić information content (AvgIpc) is 3.07. The monoisotopic (exact) mass is 438 g/mol. The van der Waals surface area contributed by atoms with E-state index in [4.69, 9.17) is 21.1 Å². The van der Waals surface area contributed by atoms with Crippen LogP contribution in [0.2, 0.25) is 0 Å². The topological polar surface area (TPSA) is 69.7 Å². The Morgan fingerprint density at radius 2 is 1.73 bits per heavy atom. The first-order chi connectivity index (χ1) is 14.3. The van der Waals surface area contributed by atoms with Crippen LogP contribution < -0.4 is 0 Å². The summed E-state index contributed by atoms with van der Waals surface area (Å²) in [4.78, 5) is 34.4. The molecule has 0 aromatic heterocycles. The fourth-order valence-corrected chi connectivity index (χ4v) is 8.79. The number of carbonyl (C=O) groups excluding carboxylic acids is 3. The predicted octanol–water partition coefficient (Wildman–Crippen LogP) is 4.74. The highest BCUT2D eigenvalue weighted by atomic mass is 35.5. The molecule has 4 aliphatic rings. The van der Waals surface area contributed by atoms with Crippen molar-refractivity contribution in [2.45, 2.75) is 84.3 Å². The molecule has 0 N–H and O–H groups in total. The van der Waals surface area contributed by atoms with E-state index < -0.39 is 0 Å². The maximum Gasteiger partial charge on any atom is 0.293 e. The molecule has 4 fully saturated rings. The first-order valence-electron chi connectivity index (χ1n) is 11.6. The Balaban J connectivity index is 1.64. The normalized spacial score (nSPS) is 48.5. The fourth-order valence-electron chi connectivity index (χ4n) is 8.64. The summed E-state index contributed by atoms with van der Waals surface area (Å²) >= 11 is 5.93. The van der Waals surface area contributed by atoms with Gasteiger partial charge >= 0.3 is 0 Å². The van der Waals surface area contributed by atoms with Gasteiger partial charge in [0.1, 0.15) is 12.2 Å². The van der Waals surface area contributed by atoms with Gasteiger partial charge in [0.05, 0.1) is 0 Å². The smallest absolute Gasteiger partial charge is 0.293 e. The van der Waals surface area contributed by atoms with Gasteiger partial charge < -0.3 is 9.47 Å². The minimum atomic E-state index is -0.280. The van der Waals surface area contributed by atoms with Gasteiger partial charge in [-0.1, -0.05) is 20.8 Å². The van der Waals surface area contributed by atoms with Crippen molar-refractivity contribution in [3.05, 3.63) is 0 Å². The number of carbonyl (C=O) groups is 3. The maximum atomic E-state index is 12.0. The van der Waals surface area contributed by atoms with E-state index in [1.807, 2.05) is 6.92 Å². The highest BCUT2D eigenvalue weighted by Crippen LogP contribution is 2.68. The molecule has 10 atom stereocenters. The van der Waals surface area contributed by atoms with E-state index in [0.717, 1.165) is 44.9 Å². The molecule has 0 bridgehead atoms. The summed E-state index contributed by atoms with van der Waals surface area (Å²) in [6.07, 6.45) is 8.02. The summed E-state index contributed by atoms with van der Waals surface area (Å²) < 4.78 is 11.1. The summed E-state index contributed by atoms with van der Waals surface area (Å²) in [5.41, 5.74) is -0.0173. The minimum Gasteiger partial charge on any atom is -0.465 e. The molecule has 0 spiro atoms. The molecule has 4 rings (SSSR count). The molecule has 30 heavy (non-hydrogen) atoms. The molecule has 4 saturated carbocycles. The van der Waals surface area contributed by atoms with Crippen molar-refractivity contribution in [3.8, 4) is 0 Å². The van der Waals surface area contributed by atoms with Crippen LogP contribution in [0.15, 0.2) is 0 Å². The number of fused-ring (bicyclic) bond motifs is 5. The second kappa shape index (κ2) is 8.11. The minimum absolute atomic E-state index is 0.0412. The van der Waals surface area contributed by atoms with Crippen molar-refractivity contribution in [1.82, 2.24) is 0 Å². The highest BCUT2D eigenvalue weighted by molar-refractivity contribution is 6.63. The van der Waals surface area contributed by atoms with Crippen molar-refractivity contribution in [2.75, 3.05) is 0 Å². The number of ether oxygens (including phenoxy) is 2. The third-order valence-corrected chi connectivity index (χ3v) is 10.5. The fraction of sp³-hybridized carbons (Fsp3) is 0.875. The zero-order chi connectivity index (χ0) is 21.7. The van der Waals surface area contributed by atoms with Crippen molar-refractivity contribution < 1.29 is 23.9 Å². The van der Waals surface area contributed by atoms with Gasteiger partial charge in [0.2, 0.25) is 5.24 Å². The van der Waals surface area contributed by atoms with Crippen LogP contribution in [0.1, 0.15) is 72.1 Å². The van der Waals surface area contributed by atoms with Gasteiger partial charge in [-0.2, -0.15) is 0 Å². The van der Waals surface area contributed by atoms with E-state index in [2.05, 4.69) is 13.8 Å². The van der Waals surface area contributed by atoms with E-state index in [-0.39, 0.29) is 40.1 Å². The lowest BCUT2D eigenvalue weighted by Crippen LogP contribution is -2.59. The lowest BCUT2D eigenvalue weighted by Gasteiger charge is -2.62. The Morgan fingerprint density at radius 3 is 2.40 bits per heavy atom. The largest absolute Gasteiger partial charge is 0.465 e. The van der Waals surface area contributed by atoms with Crippen LogP contribution >= 0.6 is 11.6 Å². The molecule has 0 aromatic carbocycles. The van der Waals surface area contributed by atoms with Crippen molar-refractivity contribution in [1.29, 1.82) is 0 Å². The van der Waals surface area contributed by atoms with E-state index in [9.17, 15) is 14.4 Å². The van der Waals surface area contributed by atoms with Crippen LogP contribution in [0.3, 0.4) is 0 Å². The SMILES string of the molecule is C[C@H](C(=O)Cl)[C@H]1CC[C@H]2[C@@H]3CCC4C[C@H](OC=O)CC[C@]4(C)[C@H]3C[C@H](OC=O)[C@]12C. The standard InChI is InChI=1S/C24H35ClO5/c1-14(22(25)28)18-6-7-19-17-5-4-15-10-16(29-12-26)8-9-23(15,2)20(17)11-21(30-13-27)24(18,19)3/h12-21H,4-11H2,1-3H3/t14-,15?,16+,17-,18+,19-,20-,21-,23-,24+/m0/s1. The maximum absolute atomic E-state index is 12.0. The summed E-state index contributed by atoms with van der Waals surface area (Å²) in [6, 6.07) is 0. The Morgan fingerprint density at radius 1 is 1.00 bits per heavy atom. The zero-order valence-electron chi connectivity index (χ0n) is 18.3.